The Hall–Kier alpha value is -2.40. The molecule has 0 unspecified atom stereocenters. The van der Waals surface area contributed by atoms with Crippen LogP contribution in [0, 0.1) is 11.3 Å². The third-order valence-electron chi connectivity index (χ3n) is 3.48. The Balaban J connectivity index is 3.42. The molecule has 1 rings (SSSR count). The molecule has 0 fully saturated rings. The van der Waals surface area contributed by atoms with Crippen molar-refractivity contribution < 1.29 is 13.2 Å². The summed E-state index contributed by atoms with van der Waals surface area (Å²) in [6.07, 6.45) is 5.44. The Bertz CT molecular complexity index is 788. The van der Waals surface area contributed by atoms with Crippen LogP contribution in [0.1, 0.15) is 54.1 Å². The van der Waals surface area contributed by atoms with E-state index < -0.39 is 21.7 Å². The van der Waals surface area contributed by atoms with Crippen LogP contribution in [0.2, 0.25) is 0 Å². The average molecular weight is 350 g/mol. The zero-order valence-electron chi connectivity index (χ0n) is 13.9. The van der Waals surface area contributed by atoms with E-state index in [1.165, 1.54) is 6.07 Å². The number of carbonyl (C=O) groups excluding carboxylic acids is 1. The lowest BCUT2D eigenvalue weighted by molar-refractivity contribution is 0.100. The molecule has 1 aromatic carbocycles. The summed E-state index contributed by atoms with van der Waals surface area (Å²) in [5.41, 5.74) is 10.6. The largest absolute Gasteiger partial charge is 0.370 e. The Kier molecular flexibility index (Phi) is 6.92. The lowest BCUT2D eigenvalue weighted by Gasteiger charge is -2.12. The van der Waals surface area contributed by atoms with E-state index in [1.807, 2.05) is 6.07 Å². The lowest BCUT2D eigenvalue weighted by Crippen LogP contribution is -2.24. The van der Waals surface area contributed by atoms with Crippen LogP contribution < -0.4 is 11.5 Å². The summed E-state index contributed by atoms with van der Waals surface area (Å²) in [5.74, 6) is -1.29. The number of nitrogens with two attached hydrogens (primary N) is 2. The monoisotopic (exact) mass is 350 g/mol. The normalized spacial score (nSPS) is 10.9. The number of aliphatic imine (C=N–C) groups is 1. The molecule has 0 radical (unpaired) electrons. The fourth-order valence-corrected chi connectivity index (χ4v) is 3.63. The highest BCUT2D eigenvalue weighted by Crippen LogP contribution is 2.26. The van der Waals surface area contributed by atoms with Crippen LogP contribution in [0.25, 0.3) is 0 Å². The second-order valence-corrected chi connectivity index (χ2v) is 7.47. The molecular weight excluding hydrogens is 328 g/mol. The van der Waals surface area contributed by atoms with Crippen molar-refractivity contribution in [3.63, 3.8) is 0 Å². The standard InChI is InChI=1S/C16H22N4O3S/c1-3-4-5-6-7-11-8-9-12(15(21)20-16(18)19)13(10-17)14(11)24(2,22)23/h8-9H,3-7H2,1-2H3,(H4,18,19,20,21). The van der Waals surface area contributed by atoms with Gasteiger partial charge in [0.1, 0.15) is 6.07 Å². The van der Waals surface area contributed by atoms with Gasteiger partial charge in [0.15, 0.2) is 15.8 Å². The SMILES string of the molecule is CCCCCCc1ccc(C(=O)N=C(N)N)c(C#N)c1S(C)(=O)=O. The summed E-state index contributed by atoms with van der Waals surface area (Å²) >= 11 is 0. The number of rotatable bonds is 7. The molecule has 4 N–H and O–H groups in total. The predicted octanol–water partition coefficient (Wildman–Crippen LogP) is 1.50. The molecule has 0 aliphatic heterocycles. The number of nitrogens with zero attached hydrogens (tertiary/aromatic N) is 2. The van der Waals surface area contributed by atoms with Gasteiger partial charge in [0.2, 0.25) is 0 Å². The molecule has 24 heavy (non-hydrogen) atoms. The highest BCUT2D eigenvalue weighted by Gasteiger charge is 2.24. The Morgan fingerprint density at radius 2 is 1.92 bits per heavy atom. The second kappa shape index (κ2) is 8.45. The highest BCUT2D eigenvalue weighted by molar-refractivity contribution is 7.90. The van der Waals surface area contributed by atoms with Gasteiger partial charge in [-0.05, 0) is 24.5 Å². The van der Waals surface area contributed by atoms with Gasteiger partial charge in [0.25, 0.3) is 5.91 Å². The summed E-state index contributed by atoms with van der Waals surface area (Å²) in [7, 11) is -3.69. The lowest BCUT2D eigenvalue weighted by atomic mass is 10.00. The minimum atomic E-state index is -3.69. The number of benzene rings is 1. The number of unbranched alkanes of at least 4 members (excludes halogenated alkanes) is 3. The molecule has 0 saturated carbocycles. The van der Waals surface area contributed by atoms with Gasteiger partial charge < -0.3 is 11.5 Å². The van der Waals surface area contributed by atoms with Gasteiger partial charge >= 0.3 is 0 Å². The number of sulfone groups is 1. The molecule has 7 nitrogen and oxygen atoms in total. The first-order valence-corrected chi connectivity index (χ1v) is 9.51. The van der Waals surface area contributed by atoms with Gasteiger partial charge in [-0.25, -0.2) is 8.42 Å². The van der Waals surface area contributed by atoms with Crippen molar-refractivity contribution in [3.8, 4) is 6.07 Å². The number of aryl methyl sites for hydroxylation is 1. The first-order valence-electron chi connectivity index (χ1n) is 7.62. The molecule has 130 valence electrons. The van der Waals surface area contributed by atoms with Gasteiger partial charge in [0.05, 0.1) is 16.0 Å². The summed E-state index contributed by atoms with van der Waals surface area (Å²) in [6.45, 7) is 2.08. The van der Waals surface area contributed by atoms with Crippen LogP contribution in [0.15, 0.2) is 22.0 Å². The van der Waals surface area contributed by atoms with Crippen molar-refractivity contribution in [2.75, 3.05) is 6.26 Å². The highest BCUT2D eigenvalue weighted by atomic mass is 32.2. The van der Waals surface area contributed by atoms with Gasteiger partial charge in [-0.1, -0.05) is 32.3 Å². The molecule has 0 spiro atoms. The molecule has 0 bridgehead atoms. The van der Waals surface area contributed by atoms with E-state index in [2.05, 4.69) is 11.9 Å². The smallest absolute Gasteiger partial charge is 0.281 e. The topological polar surface area (TPSA) is 139 Å². The number of nitriles is 1. The molecule has 1 amide bonds. The quantitative estimate of drug-likeness (QED) is 0.434. The number of hydrogen-bond acceptors (Lipinski definition) is 4. The zero-order chi connectivity index (χ0) is 18.3. The molecule has 0 aliphatic carbocycles. The van der Waals surface area contributed by atoms with Crippen molar-refractivity contribution in [2.45, 2.75) is 43.9 Å². The number of hydrogen-bond donors (Lipinski definition) is 2. The van der Waals surface area contributed by atoms with Crippen LogP contribution in [0.4, 0.5) is 0 Å². The Morgan fingerprint density at radius 3 is 2.42 bits per heavy atom. The van der Waals surface area contributed by atoms with Crippen molar-refractivity contribution >= 4 is 21.7 Å². The molecule has 0 heterocycles. The summed E-state index contributed by atoms with van der Waals surface area (Å²) in [4.78, 5) is 15.3. The van der Waals surface area contributed by atoms with E-state index in [1.54, 1.807) is 6.07 Å². The van der Waals surface area contributed by atoms with Gasteiger partial charge in [-0.3, -0.25) is 4.79 Å². The fourth-order valence-electron chi connectivity index (χ4n) is 2.46. The molecule has 0 atom stereocenters. The Morgan fingerprint density at radius 1 is 1.25 bits per heavy atom. The van der Waals surface area contributed by atoms with Gasteiger partial charge in [-0.2, -0.15) is 10.3 Å². The third-order valence-corrected chi connectivity index (χ3v) is 4.69. The van der Waals surface area contributed by atoms with Gasteiger partial charge in [-0.15, -0.1) is 0 Å². The zero-order valence-corrected chi connectivity index (χ0v) is 14.7. The van der Waals surface area contributed by atoms with Crippen LogP contribution in [0.5, 0.6) is 0 Å². The minimum Gasteiger partial charge on any atom is -0.370 e. The molecule has 0 aliphatic rings. The van der Waals surface area contributed by atoms with Crippen molar-refractivity contribution in [3.05, 3.63) is 28.8 Å². The molecule has 0 saturated heterocycles. The average Bonchev–Trinajstić information content (AvgIpc) is 2.48. The molecular formula is C16H22N4O3S. The van der Waals surface area contributed by atoms with Crippen molar-refractivity contribution in [2.24, 2.45) is 16.5 Å². The fraction of sp³-hybridized carbons (Fsp3) is 0.438. The van der Waals surface area contributed by atoms with E-state index >= 15 is 0 Å². The number of amides is 1. The van der Waals surface area contributed by atoms with Crippen LogP contribution in [0.3, 0.4) is 0 Å². The summed E-state index contributed by atoms with van der Waals surface area (Å²) in [5, 5.41) is 9.40. The van der Waals surface area contributed by atoms with E-state index in [9.17, 15) is 18.5 Å². The minimum absolute atomic E-state index is 0.113. The number of guanidine groups is 1. The van der Waals surface area contributed by atoms with Crippen LogP contribution in [-0.4, -0.2) is 26.5 Å². The maximum atomic E-state index is 12.2. The molecule has 1 aromatic rings. The summed E-state index contributed by atoms with van der Waals surface area (Å²) in [6, 6.07) is 4.77. The number of carbonyl (C=O) groups is 1. The van der Waals surface area contributed by atoms with E-state index in [0.717, 1.165) is 31.9 Å². The third kappa shape index (κ3) is 5.06. The molecule has 8 heteroatoms. The van der Waals surface area contributed by atoms with E-state index in [4.69, 9.17) is 11.5 Å². The second-order valence-electron chi connectivity index (χ2n) is 5.51. The van der Waals surface area contributed by atoms with Crippen molar-refractivity contribution in [1.82, 2.24) is 0 Å². The Labute approximate surface area is 142 Å². The molecule has 0 aromatic heterocycles. The van der Waals surface area contributed by atoms with Crippen LogP contribution in [-0.2, 0) is 16.3 Å². The summed E-state index contributed by atoms with van der Waals surface area (Å²) < 4.78 is 24.3. The van der Waals surface area contributed by atoms with Crippen molar-refractivity contribution in [1.29, 1.82) is 5.26 Å². The first-order chi connectivity index (χ1) is 11.2. The maximum Gasteiger partial charge on any atom is 0.281 e. The van der Waals surface area contributed by atoms with Crippen LogP contribution >= 0.6 is 0 Å². The first kappa shape index (κ1) is 19.6. The van der Waals surface area contributed by atoms with E-state index in [-0.39, 0.29) is 16.0 Å². The van der Waals surface area contributed by atoms with Gasteiger partial charge in [0, 0.05) is 6.26 Å². The van der Waals surface area contributed by atoms with E-state index in [0.29, 0.717) is 12.0 Å². The predicted molar refractivity (Wildman–Crippen MR) is 92.3 cm³/mol. The maximum absolute atomic E-state index is 12.2.